The molecule has 0 aliphatic rings. The Morgan fingerprint density at radius 2 is 2.08 bits per heavy atom. The number of fused-ring (bicyclic) bond motifs is 1. The second kappa shape index (κ2) is 7.22. The molecule has 0 spiro atoms. The molecular weight excluding hydrogens is 373 g/mol. The molecule has 9 heteroatoms. The first kappa shape index (κ1) is 16.7. The van der Waals surface area contributed by atoms with Gasteiger partial charge in [0.2, 0.25) is 5.16 Å². The fourth-order valence-electron chi connectivity index (χ4n) is 2.25. The fraction of sp³-hybridized carbons (Fsp3) is 0.0588. The minimum absolute atomic E-state index is 0.0928. The summed E-state index contributed by atoms with van der Waals surface area (Å²) in [5, 5.41) is 9.37. The quantitative estimate of drug-likeness (QED) is 0.532. The van der Waals surface area contributed by atoms with Crippen LogP contribution in [0.15, 0.2) is 51.9 Å². The van der Waals surface area contributed by atoms with Gasteiger partial charge in [-0.3, -0.25) is 14.3 Å². The second-order valence-corrected chi connectivity index (χ2v) is 7.13. The standard InChI is InChI=1S/C17H12FN5OS2/c18-12-4-1-11(2-5-12)3-6-14-20-16(22-21-14)26-10-13-9-15(24)23-7-8-25-17(23)19-13/h1-9H,10H2,(H,20,21,22)/b6-3+. The molecule has 0 radical (unpaired) electrons. The zero-order chi connectivity index (χ0) is 17.9. The molecule has 130 valence electrons. The number of benzene rings is 1. The number of halogens is 1. The van der Waals surface area contributed by atoms with Gasteiger partial charge in [0.1, 0.15) is 11.6 Å². The van der Waals surface area contributed by atoms with Gasteiger partial charge in [0.15, 0.2) is 4.96 Å². The number of aromatic amines is 1. The van der Waals surface area contributed by atoms with Crippen LogP contribution >= 0.6 is 23.1 Å². The molecule has 0 atom stereocenters. The maximum Gasteiger partial charge on any atom is 0.258 e. The highest BCUT2D eigenvalue weighted by molar-refractivity contribution is 7.98. The van der Waals surface area contributed by atoms with Crippen molar-refractivity contribution in [2.45, 2.75) is 10.9 Å². The predicted molar refractivity (Wildman–Crippen MR) is 101 cm³/mol. The molecule has 4 rings (SSSR count). The topological polar surface area (TPSA) is 75.9 Å². The fourth-order valence-corrected chi connectivity index (χ4v) is 3.68. The first-order valence-corrected chi connectivity index (χ1v) is 9.48. The molecule has 3 heterocycles. The van der Waals surface area contributed by atoms with Gasteiger partial charge in [-0.2, -0.15) is 0 Å². The highest BCUT2D eigenvalue weighted by Crippen LogP contribution is 2.19. The highest BCUT2D eigenvalue weighted by Gasteiger charge is 2.07. The first-order chi connectivity index (χ1) is 12.7. The van der Waals surface area contributed by atoms with Crippen molar-refractivity contribution < 1.29 is 4.39 Å². The lowest BCUT2D eigenvalue weighted by Crippen LogP contribution is -2.12. The number of rotatable bonds is 5. The molecule has 26 heavy (non-hydrogen) atoms. The van der Waals surface area contributed by atoms with Crippen LogP contribution in [0.25, 0.3) is 17.1 Å². The molecule has 0 saturated carbocycles. The molecule has 0 bridgehead atoms. The molecule has 4 aromatic rings. The highest BCUT2D eigenvalue weighted by atomic mass is 32.2. The van der Waals surface area contributed by atoms with Crippen LogP contribution in [0.5, 0.6) is 0 Å². The van der Waals surface area contributed by atoms with E-state index in [4.69, 9.17) is 0 Å². The summed E-state index contributed by atoms with van der Waals surface area (Å²) in [6.45, 7) is 0. The van der Waals surface area contributed by atoms with Crippen LogP contribution < -0.4 is 5.56 Å². The summed E-state index contributed by atoms with van der Waals surface area (Å²) < 4.78 is 14.4. The predicted octanol–water partition coefficient (Wildman–Crippen LogP) is 3.48. The third-order valence-corrected chi connectivity index (χ3v) is 5.13. The van der Waals surface area contributed by atoms with Crippen molar-refractivity contribution in [1.29, 1.82) is 0 Å². The largest absolute Gasteiger partial charge is 0.269 e. The third-order valence-electron chi connectivity index (χ3n) is 3.49. The summed E-state index contributed by atoms with van der Waals surface area (Å²) in [6, 6.07) is 7.70. The number of aromatic nitrogens is 5. The van der Waals surface area contributed by atoms with Gasteiger partial charge in [-0.15, -0.1) is 16.4 Å². The van der Waals surface area contributed by atoms with Gasteiger partial charge in [-0.1, -0.05) is 30.0 Å². The summed E-state index contributed by atoms with van der Waals surface area (Å²) in [7, 11) is 0. The van der Waals surface area contributed by atoms with Crippen molar-refractivity contribution in [3.63, 3.8) is 0 Å². The average molecular weight is 385 g/mol. The summed E-state index contributed by atoms with van der Waals surface area (Å²) in [5.74, 6) is 0.829. The lowest BCUT2D eigenvalue weighted by atomic mass is 10.2. The van der Waals surface area contributed by atoms with E-state index in [9.17, 15) is 9.18 Å². The van der Waals surface area contributed by atoms with Crippen molar-refractivity contribution in [2.75, 3.05) is 0 Å². The van der Waals surface area contributed by atoms with Crippen LogP contribution in [0.1, 0.15) is 17.1 Å². The molecular formula is C17H12FN5OS2. The van der Waals surface area contributed by atoms with Gasteiger partial charge < -0.3 is 0 Å². The Morgan fingerprint density at radius 1 is 1.23 bits per heavy atom. The Hall–Kier alpha value is -2.78. The number of hydrogen-bond donors (Lipinski definition) is 1. The normalized spacial score (nSPS) is 11.6. The first-order valence-electron chi connectivity index (χ1n) is 7.62. The monoisotopic (exact) mass is 385 g/mol. The summed E-state index contributed by atoms with van der Waals surface area (Å²) >= 11 is 2.81. The molecule has 3 aromatic heterocycles. The molecule has 0 unspecified atom stereocenters. The molecule has 1 N–H and O–H groups in total. The molecule has 0 aliphatic heterocycles. The SMILES string of the molecule is O=c1cc(CSc2n[nH]c(/C=C/c3ccc(F)cc3)n2)nc2sccn12. The Balaban J connectivity index is 1.43. The molecule has 0 fully saturated rings. The minimum atomic E-state index is -0.269. The Kier molecular flexibility index (Phi) is 4.63. The molecule has 0 amide bonds. The zero-order valence-electron chi connectivity index (χ0n) is 13.3. The van der Waals surface area contributed by atoms with Crippen LogP contribution in [0, 0.1) is 5.82 Å². The van der Waals surface area contributed by atoms with Crippen LogP contribution in [-0.4, -0.2) is 24.6 Å². The molecule has 6 nitrogen and oxygen atoms in total. The van der Waals surface area contributed by atoms with E-state index in [1.54, 1.807) is 24.4 Å². The number of thiazole rings is 1. The van der Waals surface area contributed by atoms with E-state index in [-0.39, 0.29) is 11.4 Å². The smallest absolute Gasteiger partial charge is 0.258 e. The van der Waals surface area contributed by atoms with Crippen molar-refractivity contribution in [3.05, 3.63) is 75.2 Å². The third kappa shape index (κ3) is 3.73. The van der Waals surface area contributed by atoms with Gasteiger partial charge in [0, 0.05) is 23.4 Å². The van der Waals surface area contributed by atoms with E-state index >= 15 is 0 Å². The Labute approximate surface area is 155 Å². The number of nitrogens with one attached hydrogen (secondary N) is 1. The maximum atomic E-state index is 12.9. The summed E-state index contributed by atoms with van der Waals surface area (Å²) in [5.41, 5.74) is 1.46. The van der Waals surface area contributed by atoms with Gasteiger partial charge in [-0.25, -0.2) is 14.4 Å². The second-order valence-electron chi connectivity index (χ2n) is 5.32. The summed E-state index contributed by atoms with van der Waals surface area (Å²) in [6.07, 6.45) is 5.30. The van der Waals surface area contributed by atoms with E-state index < -0.39 is 0 Å². The number of thioether (sulfide) groups is 1. The molecule has 1 aromatic carbocycles. The van der Waals surface area contributed by atoms with E-state index in [0.717, 1.165) is 5.56 Å². The number of H-pyrrole nitrogens is 1. The van der Waals surface area contributed by atoms with Crippen LogP contribution in [0.2, 0.25) is 0 Å². The van der Waals surface area contributed by atoms with Crippen LogP contribution in [-0.2, 0) is 5.75 Å². The van der Waals surface area contributed by atoms with Crippen molar-refractivity contribution in [1.82, 2.24) is 24.6 Å². The lowest BCUT2D eigenvalue weighted by Gasteiger charge is -1.98. The minimum Gasteiger partial charge on any atom is -0.269 e. The Bertz CT molecular complexity index is 1130. The van der Waals surface area contributed by atoms with E-state index in [0.29, 0.717) is 27.4 Å². The van der Waals surface area contributed by atoms with Crippen LogP contribution in [0.3, 0.4) is 0 Å². The van der Waals surface area contributed by atoms with Crippen LogP contribution in [0.4, 0.5) is 4.39 Å². The number of nitrogens with zero attached hydrogens (tertiary/aromatic N) is 4. The molecule has 0 aliphatic carbocycles. The van der Waals surface area contributed by atoms with E-state index in [2.05, 4.69) is 20.2 Å². The maximum absolute atomic E-state index is 12.9. The van der Waals surface area contributed by atoms with Crippen molar-refractivity contribution in [2.24, 2.45) is 0 Å². The van der Waals surface area contributed by atoms with Gasteiger partial charge in [0.05, 0.1) is 5.69 Å². The average Bonchev–Trinajstić information content (AvgIpc) is 3.29. The van der Waals surface area contributed by atoms with Gasteiger partial charge >= 0.3 is 0 Å². The van der Waals surface area contributed by atoms with E-state index in [1.807, 2.05) is 11.5 Å². The van der Waals surface area contributed by atoms with Crippen molar-refractivity contribution >= 4 is 40.2 Å². The van der Waals surface area contributed by atoms with Gasteiger partial charge in [0.25, 0.3) is 5.56 Å². The van der Waals surface area contributed by atoms with Crippen molar-refractivity contribution in [3.8, 4) is 0 Å². The Morgan fingerprint density at radius 3 is 2.92 bits per heavy atom. The summed E-state index contributed by atoms with van der Waals surface area (Å²) in [4.78, 5) is 21.5. The molecule has 0 saturated heterocycles. The zero-order valence-corrected chi connectivity index (χ0v) is 14.9. The lowest BCUT2D eigenvalue weighted by molar-refractivity contribution is 0.628. The van der Waals surface area contributed by atoms with E-state index in [1.165, 1.54) is 45.7 Å². The number of hydrogen-bond acceptors (Lipinski definition) is 6. The van der Waals surface area contributed by atoms with Gasteiger partial charge in [-0.05, 0) is 23.8 Å².